The maximum atomic E-state index is 13.0. The maximum Gasteiger partial charge on any atom is 0.261 e. The van der Waals surface area contributed by atoms with Crippen LogP contribution in [0.4, 0.5) is 0 Å². The summed E-state index contributed by atoms with van der Waals surface area (Å²) >= 11 is 0. The van der Waals surface area contributed by atoms with E-state index in [0.717, 1.165) is 19.3 Å². The van der Waals surface area contributed by atoms with Crippen LogP contribution in [0.5, 0.6) is 0 Å². The Bertz CT molecular complexity index is 964. The molecule has 0 saturated heterocycles. The van der Waals surface area contributed by atoms with Crippen molar-refractivity contribution in [2.75, 3.05) is 13.1 Å². The van der Waals surface area contributed by atoms with E-state index in [1.54, 1.807) is 26.0 Å². The molecule has 1 heterocycles. The predicted octanol–water partition coefficient (Wildman–Crippen LogP) is 2.75. The molecule has 0 radical (unpaired) electrons. The van der Waals surface area contributed by atoms with E-state index in [-0.39, 0.29) is 40.6 Å². The fourth-order valence-corrected chi connectivity index (χ4v) is 6.90. The van der Waals surface area contributed by atoms with Gasteiger partial charge in [0.15, 0.2) is 0 Å². The van der Waals surface area contributed by atoms with E-state index in [1.807, 2.05) is 0 Å². The first-order valence-corrected chi connectivity index (χ1v) is 11.9. The second-order valence-electron chi connectivity index (χ2n) is 10.5. The molecule has 1 aromatic carbocycles. The molecule has 0 spiro atoms. The Kier molecular flexibility index (Phi) is 5.10. The van der Waals surface area contributed by atoms with Gasteiger partial charge in [0.2, 0.25) is 5.91 Å². The van der Waals surface area contributed by atoms with Crippen molar-refractivity contribution in [3.05, 3.63) is 34.9 Å². The van der Waals surface area contributed by atoms with Crippen LogP contribution in [0.1, 0.15) is 83.4 Å². The summed E-state index contributed by atoms with van der Waals surface area (Å²) in [5.41, 5.74) is 0.756. The van der Waals surface area contributed by atoms with Crippen LogP contribution in [0.3, 0.4) is 0 Å². The van der Waals surface area contributed by atoms with E-state index in [2.05, 4.69) is 10.6 Å². The van der Waals surface area contributed by atoms with E-state index < -0.39 is 0 Å². The highest BCUT2D eigenvalue weighted by molar-refractivity contribution is 6.22. The van der Waals surface area contributed by atoms with Crippen molar-refractivity contribution >= 4 is 23.6 Å². The zero-order chi connectivity index (χ0) is 22.6. The van der Waals surface area contributed by atoms with Gasteiger partial charge in [0.25, 0.3) is 17.7 Å². The second kappa shape index (κ2) is 7.71. The minimum Gasteiger partial charge on any atom is -0.354 e. The number of imide groups is 1. The highest BCUT2D eigenvalue weighted by Gasteiger charge is 2.54. The zero-order valence-corrected chi connectivity index (χ0v) is 18.8. The lowest BCUT2D eigenvalue weighted by atomic mass is 9.49. The Hall–Kier alpha value is -2.70. The zero-order valence-electron chi connectivity index (χ0n) is 18.8. The van der Waals surface area contributed by atoms with Crippen LogP contribution in [0.15, 0.2) is 18.2 Å². The normalized spacial score (nSPS) is 30.1. The van der Waals surface area contributed by atoms with E-state index in [9.17, 15) is 19.2 Å². The summed E-state index contributed by atoms with van der Waals surface area (Å²) in [6.07, 6.45) is 6.95. The summed E-state index contributed by atoms with van der Waals surface area (Å²) in [4.78, 5) is 51.7. The van der Waals surface area contributed by atoms with Crippen molar-refractivity contribution in [3.8, 4) is 0 Å². The maximum absolute atomic E-state index is 13.0. The summed E-state index contributed by atoms with van der Waals surface area (Å²) in [5.74, 6) is 1.30. The lowest BCUT2D eigenvalue weighted by molar-refractivity contribution is -0.146. The fourth-order valence-electron chi connectivity index (χ4n) is 6.90. The van der Waals surface area contributed by atoms with Gasteiger partial charge in [0.05, 0.1) is 11.1 Å². The van der Waals surface area contributed by atoms with Crippen LogP contribution in [0.25, 0.3) is 0 Å². The molecule has 170 valence electrons. The molecule has 0 atom stereocenters. The molecule has 4 bridgehead atoms. The van der Waals surface area contributed by atoms with Gasteiger partial charge < -0.3 is 10.6 Å². The third-order valence-corrected chi connectivity index (χ3v) is 7.91. The third kappa shape index (κ3) is 3.42. The number of nitrogens with one attached hydrogen (secondary N) is 2. The molecule has 4 saturated carbocycles. The predicted molar refractivity (Wildman–Crippen MR) is 118 cm³/mol. The van der Waals surface area contributed by atoms with Gasteiger partial charge in [-0.1, -0.05) is 0 Å². The highest BCUT2D eigenvalue weighted by atomic mass is 16.2. The molecule has 4 fully saturated rings. The number of rotatable bonds is 6. The van der Waals surface area contributed by atoms with Crippen LogP contribution in [0, 0.1) is 23.2 Å². The number of fused-ring (bicyclic) bond motifs is 1. The number of carbonyl (C=O) groups excluding carboxylic acids is 4. The van der Waals surface area contributed by atoms with Gasteiger partial charge >= 0.3 is 0 Å². The molecule has 6 rings (SSSR count). The Morgan fingerprint density at radius 3 is 2.09 bits per heavy atom. The number of amides is 4. The van der Waals surface area contributed by atoms with E-state index in [0.29, 0.717) is 42.0 Å². The summed E-state index contributed by atoms with van der Waals surface area (Å²) in [5, 5.41) is 5.88. The number of benzene rings is 1. The first-order chi connectivity index (χ1) is 15.3. The molecule has 1 aliphatic heterocycles. The Morgan fingerprint density at radius 1 is 0.938 bits per heavy atom. The molecule has 7 nitrogen and oxygen atoms in total. The standard InChI is InChI=1S/C25H31N3O4/c1-14(2)28-22(30)19-4-3-18(10-20(19)23(28)31)21(29)26-5-6-27-24(32)25-11-15-7-16(12-25)9-17(8-15)13-25/h3-4,10,14-17H,5-9,11-13H2,1-2H3,(H,26,29)(H,27,32). The van der Waals surface area contributed by atoms with Crippen molar-refractivity contribution < 1.29 is 19.2 Å². The second-order valence-corrected chi connectivity index (χ2v) is 10.5. The van der Waals surface area contributed by atoms with Crippen LogP contribution in [-0.4, -0.2) is 47.7 Å². The summed E-state index contributed by atoms with van der Waals surface area (Å²) in [6.45, 7) is 4.27. The SMILES string of the molecule is CC(C)N1C(=O)c2ccc(C(=O)NCCNC(=O)C34CC5CC(CC(C5)C3)C4)cc2C1=O. The van der Waals surface area contributed by atoms with Crippen LogP contribution < -0.4 is 10.6 Å². The van der Waals surface area contributed by atoms with E-state index in [4.69, 9.17) is 0 Å². The van der Waals surface area contributed by atoms with Crippen LogP contribution in [-0.2, 0) is 4.79 Å². The van der Waals surface area contributed by atoms with Gasteiger partial charge in [0, 0.05) is 30.1 Å². The average Bonchev–Trinajstić information content (AvgIpc) is 2.99. The van der Waals surface area contributed by atoms with Crippen molar-refractivity contribution in [1.29, 1.82) is 0 Å². The quantitative estimate of drug-likeness (QED) is 0.528. The number of carbonyl (C=O) groups is 4. The van der Waals surface area contributed by atoms with Crippen molar-refractivity contribution in [1.82, 2.24) is 15.5 Å². The van der Waals surface area contributed by atoms with Crippen molar-refractivity contribution in [2.24, 2.45) is 23.2 Å². The number of nitrogens with zero attached hydrogens (tertiary/aromatic N) is 1. The van der Waals surface area contributed by atoms with Gasteiger partial charge in [-0.3, -0.25) is 24.1 Å². The number of hydrogen-bond donors (Lipinski definition) is 2. The van der Waals surface area contributed by atoms with E-state index >= 15 is 0 Å². The third-order valence-electron chi connectivity index (χ3n) is 7.91. The minimum atomic E-state index is -0.363. The highest BCUT2D eigenvalue weighted by Crippen LogP contribution is 2.60. The fraction of sp³-hybridized carbons (Fsp3) is 0.600. The Morgan fingerprint density at radius 2 is 1.50 bits per heavy atom. The van der Waals surface area contributed by atoms with Gasteiger partial charge in [-0.05, 0) is 88.3 Å². The van der Waals surface area contributed by atoms with Gasteiger partial charge in [-0.15, -0.1) is 0 Å². The van der Waals surface area contributed by atoms with Crippen LogP contribution >= 0.6 is 0 Å². The molecule has 0 aromatic heterocycles. The molecule has 1 aromatic rings. The lowest BCUT2D eigenvalue weighted by Crippen LogP contribution is -2.54. The molecule has 0 unspecified atom stereocenters. The summed E-state index contributed by atoms with van der Waals surface area (Å²) in [7, 11) is 0. The molecule has 2 N–H and O–H groups in total. The Labute approximate surface area is 188 Å². The lowest BCUT2D eigenvalue weighted by Gasteiger charge is -2.55. The monoisotopic (exact) mass is 437 g/mol. The van der Waals surface area contributed by atoms with Gasteiger partial charge in [0.1, 0.15) is 0 Å². The van der Waals surface area contributed by atoms with Crippen molar-refractivity contribution in [2.45, 2.75) is 58.4 Å². The van der Waals surface area contributed by atoms with Crippen molar-refractivity contribution in [3.63, 3.8) is 0 Å². The number of hydrogen-bond acceptors (Lipinski definition) is 4. The smallest absolute Gasteiger partial charge is 0.261 e. The molecule has 4 amide bonds. The topological polar surface area (TPSA) is 95.6 Å². The van der Waals surface area contributed by atoms with Gasteiger partial charge in [-0.25, -0.2) is 0 Å². The largest absolute Gasteiger partial charge is 0.354 e. The first-order valence-electron chi connectivity index (χ1n) is 11.9. The van der Waals surface area contributed by atoms with Crippen LogP contribution in [0.2, 0.25) is 0 Å². The average molecular weight is 438 g/mol. The molecular weight excluding hydrogens is 406 g/mol. The summed E-state index contributed by atoms with van der Waals surface area (Å²) in [6, 6.07) is 4.36. The Balaban J connectivity index is 1.15. The van der Waals surface area contributed by atoms with E-state index in [1.165, 1.54) is 30.2 Å². The molecule has 5 aliphatic rings. The minimum absolute atomic E-state index is 0.154. The summed E-state index contributed by atoms with van der Waals surface area (Å²) < 4.78 is 0. The molecule has 32 heavy (non-hydrogen) atoms. The molecule has 7 heteroatoms. The first kappa shape index (κ1) is 21.2. The molecule has 4 aliphatic carbocycles. The molecular formula is C25H31N3O4. The van der Waals surface area contributed by atoms with Gasteiger partial charge in [-0.2, -0.15) is 0 Å².